The van der Waals surface area contributed by atoms with Crippen molar-refractivity contribution < 1.29 is 17.6 Å². The van der Waals surface area contributed by atoms with Gasteiger partial charge in [-0.05, 0) is 76.2 Å². The predicted octanol–water partition coefficient (Wildman–Crippen LogP) is 4.10. The van der Waals surface area contributed by atoms with Crippen molar-refractivity contribution in [3.63, 3.8) is 0 Å². The standard InChI is InChI=1S/C23H26FN5O3S/c1-14(2)26-22(30)27-17-9-5-15(6-10-17)21-28-19(13-20(25)29-21)23(3,4)33(31,32)18-11-7-16(24)8-12-18/h5-14H,1-4H3,(H2,25,28,29)(H2,26,27,30). The van der Waals surface area contributed by atoms with Crippen molar-refractivity contribution in [1.29, 1.82) is 0 Å². The number of halogens is 1. The number of nitrogens with zero attached hydrogens (tertiary/aromatic N) is 2. The summed E-state index contributed by atoms with van der Waals surface area (Å²) < 4.78 is 38.4. The fraction of sp³-hybridized carbons (Fsp3) is 0.261. The van der Waals surface area contributed by atoms with Gasteiger partial charge in [0.05, 0.1) is 10.6 Å². The van der Waals surface area contributed by atoms with Crippen molar-refractivity contribution in [1.82, 2.24) is 15.3 Å². The Bertz CT molecular complexity index is 1260. The fourth-order valence-corrected chi connectivity index (χ4v) is 4.55. The van der Waals surface area contributed by atoms with Crippen LogP contribution in [0.4, 0.5) is 20.7 Å². The molecule has 0 bridgehead atoms. The van der Waals surface area contributed by atoms with Crippen LogP contribution in [0.15, 0.2) is 59.5 Å². The largest absolute Gasteiger partial charge is 0.384 e. The van der Waals surface area contributed by atoms with Crippen molar-refractivity contribution in [3.05, 3.63) is 66.1 Å². The molecule has 3 aromatic rings. The molecule has 2 aromatic carbocycles. The Morgan fingerprint density at radius 1 is 1.03 bits per heavy atom. The minimum absolute atomic E-state index is 0.00192. The van der Waals surface area contributed by atoms with Crippen LogP contribution in [0.5, 0.6) is 0 Å². The maximum Gasteiger partial charge on any atom is 0.319 e. The first-order chi connectivity index (χ1) is 15.4. The molecule has 0 atom stereocenters. The SMILES string of the molecule is CC(C)NC(=O)Nc1ccc(-c2nc(N)cc(C(C)(C)S(=O)(=O)c3ccc(F)cc3)n2)cc1. The molecule has 0 aliphatic rings. The molecule has 8 nitrogen and oxygen atoms in total. The van der Waals surface area contributed by atoms with E-state index in [0.29, 0.717) is 11.3 Å². The Morgan fingerprint density at radius 2 is 1.64 bits per heavy atom. The van der Waals surface area contributed by atoms with E-state index >= 15 is 0 Å². The fourth-order valence-electron chi connectivity index (χ4n) is 3.08. The number of rotatable bonds is 6. The van der Waals surface area contributed by atoms with Gasteiger partial charge in [-0.15, -0.1) is 0 Å². The Morgan fingerprint density at radius 3 is 2.21 bits per heavy atom. The second kappa shape index (κ2) is 9.14. The summed E-state index contributed by atoms with van der Waals surface area (Å²) in [5.41, 5.74) is 7.34. The summed E-state index contributed by atoms with van der Waals surface area (Å²) in [6.07, 6.45) is 0. The van der Waals surface area contributed by atoms with Crippen LogP contribution in [0.2, 0.25) is 0 Å². The zero-order valence-electron chi connectivity index (χ0n) is 18.8. The van der Waals surface area contributed by atoms with Crippen molar-refractivity contribution >= 4 is 27.4 Å². The molecular weight excluding hydrogens is 445 g/mol. The molecule has 1 heterocycles. The van der Waals surface area contributed by atoms with E-state index in [1.54, 1.807) is 24.3 Å². The number of anilines is 2. The van der Waals surface area contributed by atoms with E-state index in [4.69, 9.17) is 5.73 Å². The number of urea groups is 1. The molecule has 0 spiro atoms. The second-order valence-electron chi connectivity index (χ2n) is 8.30. The molecule has 3 rings (SSSR count). The van der Waals surface area contributed by atoms with Crippen molar-refractivity contribution in [3.8, 4) is 11.4 Å². The highest BCUT2D eigenvalue weighted by Crippen LogP contribution is 2.35. The summed E-state index contributed by atoms with van der Waals surface area (Å²) in [5.74, 6) is -0.179. The van der Waals surface area contributed by atoms with Gasteiger partial charge in [-0.1, -0.05) is 0 Å². The number of carbonyl (C=O) groups excluding carboxylic acids is 1. The normalized spacial score (nSPS) is 11.9. The van der Waals surface area contributed by atoms with Crippen LogP contribution in [-0.4, -0.2) is 30.5 Å². The topological polar surface area (TPSA) is 127 Å². The number of nitrogens with two attached hydrogens (primary N) is 1. The Kier molecular flexibility index (Phi) is 6.68. The van der Waals surface area contributed by atoms with Gasteiger partial charge < -0.3 is 16.4 Å². The molecule has 10 heteroatoms. The number of hydrogen-bond donors (Lipinski definition) is 3. The summed E-state index contributed by atoms with van der Waals surface area (Å²) >= 11 is 0. The zero-order valence-corrected chi connectivity index (χ0v) is 19.6. The van der Waals surface area contributed by atoms with Gasteiger partial charge >= 0.3 is 6.03 Å². The van der Waals surface area contributed by atoms with E-state index in [1.165, 1.54) is 32.0 Å². The lowest BCUT2D eigenvalue weighted by molar-refractivity contribution is 0.250. The summed E-state index contributed by atoms with van der Waals surface area (Å²) in [7, 11) is -3.92. The number of sulfone groups is 1. The van der Waals surface area contributed by atoms with Crippen LogP contribution in [0, 0.1) is 5.82 Å². The minimum atomic E-state index is -3.92. The summed E-state index contributed by atoms with van der Waals surface area (Å²) in [5, 5.41) is 5.45. The van der Waals surface area contributed by atoms with Gasteiger partial charge in [0.15, 0.2) is 15.7 Å². The molecule has 1 aromatic heterocycles. The molecule has 33 heavy (non-hydrogen) atoms. The molecule has 2 amide bonds. The molecular formula is C23H26FN5O3S. The molecule has 0 aliphatic carbocycles. The number of aromatic nitrogens is 2. The predicted molar refractivity (Wildman–Crippen MR) is 126 cm³/mol. The lowest BCUT2D eigenvalue weighted by Gasteiger charge is -2.25. The lowest BCUT2D eigenvalue weighted by Crippen LogP contribution is -2.34. The van der Waals surface area contributed by atoms with Gasteiger partial charge in [0, 0.05) is 23.4 Å². The van der Waals surface area contributed by atoms with E-state index in [-0.39, 0.29) is 34.3 Å². The van der Waals surface area contributed by atoms with Gasteiger partial charge in [0.25, 0.3) is 0 Å². The molecule has 0 fully saturated rings. The highest BCUT2D eigenvalue weighted by Gasteiger charge is 2.39. The van der Waals surface area contributed by atoms with Crippen LogP contribution in [0.1, 0.15) is 33.4 Å². The third-order valence-electron chi connectivity index (χ3n) is 4.98. The first kappa shape index (κ1) is 24.1. The third-order valence-corrected chi connectivity index (χ3v) is 7.42. The molecule has 0 radical (unpaired) electrons. The van der Waals surface area contributed by atoms with Crippen molar-refractivity contribution in [2.45, 2.75) is 43.4 Å². The maximum atomic E-state index is 13.3. The van der Waals surface area contributed by atoms with E-state index in [2.05, 4.69) is 20.6 Å². The number of hydrogen-bond acceptors (Lipinski definition) is 6. The van der Waals surface area contributed by atoms with Crippen LogP contribution < -0.4 is 16.4 Å². The second-order valence-corrected chi connectivity index (χ2v) is 10.8. The minimum Gasteiger partial charge on any atom is -0.384 e. The number of nitrogen functional groups attached to an aromatic ring is 1. The Balaban J connectivity index is 1.93. The van der Waals surface area contributed by atoms with Gasteiger partial charge in [0.2, 0.25) is 0 Å². The van der Waals surface area contributed by atoms with Crippen LogP contribution >= 0.6 is 0 Å². The summed E-state index contributed by atoms with van der Waals surface area (Å²) in [6.45, 7) is 6.74. The molecule has 4 N–H and O–H groups in total. The highest BCUT2D eigenvalue weighted by atomic mass is 32.2. The third kappa shape index (κ3) is 5.28. The van der Waals surface area contributed by atoms with E-state index in [9.17, 15) is 17.6 Å². The molecule has 0 unspecified atom stereocenters. The van der Waals surface area contributed by atoms with Gasteiger partial charge in [0.1, 0.15) is 16.4 Å². The Hall–Kier alpha value is -3.53. The first-order valence-corrected chi connectivity index (χ1v) is 11.7. The van der Waals surface area contributed by atoms with Crippen LogP contribution in [-0.2, 0) is 14.6 Å². The monoisotopic (exact) mass is 471 g/mol. The maximum absolute atomic E-state index is 13.3. The lowest BCUT2D eigenvalue weighted by atomic mass is 10.1. The van der Waals surface area contributed by atoms with Crippen molar-refractivity contribution in [2.75, 3.05) is 11.1 Å². The van der Waals surface area contributed by atoms with E-state index in [0.717, 1.165) is 12.1 Å². The van der Waals surface area contributed by atoms with E-state index < -0.39 is 20.4 Å². The number of nitrogens with one attached hydrogen (secondary N) is 2. The average Bonchev–Trinajstić information content (AvgIpc) is 2.73. The molecule has 0 aliphatic heterocycles. The smallest absolute Gasteiger partial charge is 0.319 e. The summed E-state index contributed by atoms with van der Waals surface area (Å²) in [4.78, 5) is 20.5. The quantitative estimate of drug-likeness (QED) is 0.465. The van der Waals surface area contributed by atoms with Crippen LogP contribution in [0.3, 0.4) is 0 Å². The van der Waals surface area contributed by atoms with Crippen molar-refractivity contribution in [2.24, 2.45) is 0 Å². The number of carbonyl (C=O) groups is 1. The van der Waals surface area contributed by atoms with E-state index in [1.807, 2.05) is 13.8 Å². The van der Waals surface area contributed by atoms with Gasteiger partial charge in [-0.25, -0.2) is 27.6 Å². The molecule has 174 valence electrons. The highest BCUT2D eigenvalue weighted by molar-refractivity contribution is 7.92. The molecule has 0 saturated heterocycles. The number of benzene rings is 2. The first-order valence-electron chi connectivity index (χ1n) is 10.2. The van der Waals surface area contributed by atoms with Gasteiger partial charge in [-0.2, -0.15) is 0 Å². The zero-order chi connectivity index (χ0) is 24.4. The molecule has 0 saturated carbocycles. The van der Waals surface area contributed by atoms with Gasteiger partial charge in [-0.3, -0.25) is 0 Å². The Labute approximate surface area is 192 Å². The number of amides is 2. The average molecular weight is 472 g/mol. The van der Waals surface area contributed by atoms with Crippen LogP contribution in [0.25, 0.3) is 11.4 Å². The summed E-state index contributed by atoms with van der Waals surface area (Å²) in [6, 6.07) is 12.5.